The Bertz CT molecular complexity index is 683. The predicted molar refractivity (Wildman–Crippen MR) is 96.6 cm³/mol. The van der Waals surface area contributed by atoms with Crippen LogP contribution in [0.3, 0.4) is 0 Å². The highest BCUT2D eigenvalue weighted by Gasteiger charge is 2.26. The summed E-state index contributed by atoms with van der Waals surface area (Å²) >= 11 is 0. The van der Waals surface area contributed by atoms with Crippen LogP contribution in [0.2, 0.25) is 0 Å². The van der Waals surface area contributed by atoms with Crippen LogP contribution in [0.1, 0.15) is 23.8 Å². The van der Waals surface area contributed by atoms with Crippen molar-refractivity contribution in [1.29, 1.82) is 0 Å². The second kappa shape index (κ2) is 7.74. The van der Waals surface area contributed by atoms with Crippen molar-refractivity contribution < 1.29 is 13.9 Å². The zero-order chi connectivity index (χ0) is 17.8. The van der Waals surface area contributed by atoms with Crippen LogP contribution in [-0.2, 0) is 11.3 Å². The van der Waals surface area contributed by atoms with Crippen molar-refractivity contribution in [2.75, 3.05) is 26.2 Å². The molecule has 1 fully saturated rings. The molecule has 0 saturated carbocycles. The van der Waals surface area contributed by atoms with E-state index in [0.717, 1.165) is 55.4 Å². The number of rotatable bonds is 5. The average Bonchev–Trinajstić information content (AvgIpc) is 3.07. The number of piperazine rings is 1. The summed E-state index contributed by atoms with van der Waals surface area (Å²) in [5, 5.41) is 0. The molecule has 1 amide bonds. The minimum absolute atomic E-state index is 0.0526. The predicted octanol–water partition coefficient (Wildman–Crippen LogP) is 3.01. The SMILES string of the molecule is Cc1cc(C)cc(O[C@H](C)C(=O)N2CCN(Cc3ccco3)CC2)c1. The van der Waals surface area contributed by atoms with E-state index in [1.807, 2.05) is 49.9 Å². The smallest absolute Gasteiger partial charge is 0.263 e. The van der Waals surface area contributed by atoms with E-state index in [-0.39, 0.29) is 5.91 Å². The van der Waals surface area contributed by atoms with Crippen LogP contribution in [0.4, 0.5) is 0 Å². The summed E-state index contributed by atoms with van der Waals surface area (Å²) < 4.78 is 11.3. The maximum absolute atomic E-state index is 12.7. The largest absolute Gasteiger partial charge is 0.481 e. The van der Waals surface area contributed by atoms with Crippen LogP contribution < -0.4 is 4.74 Å². The number of benzene rings is 1. The fourth-order valence-corrected chi connectivity index (χ4v) is 3.26. The van der Waals surface area contributed by atoms with Gasteiger partial charge in [0.1, 0.15) is 11.5 Å². The van der Waals surface area contributed by atoms with E-state index in [2.05, 4.69) is 11.0 Å². The van der Waals surface area contributed by atoms with E-state index >= 15 is 0 Å². The van der Waals surface area contributed by atoms with Crippen molar-refractivity contribution in [2.24, 2.45) is 0 Å². The van der Waals surface area contributed by atoms with Crippen molar-refractivity contribution in [3.8, 4) is 5.75 Å². The fraction of sp³-hybridized carbons (Fsp3) is 0.450. The summed E-state index contributed by atoms with van der Waals surface area (Å²) in [6, 6.07) is 9.92. The molecular formula is C20H26N2O3. The van der Waals surface area contributed by atoms with Crippen LogP contribution >= 0.6 is 0 Å². The Morgan fingerprint density at radius 3 is 2.44 bits per heavy atom. The molecule has 0 N–H and O–H groups in total. The molecule has 0 spiro atoms. The van der Waals surface area contributed by atoms with Gasteiger partial charge in [-0.25, -0.2) is 0 Å². The van der Waals surface area contributed by atoms with Crippen molar-refractivity contribution in [1.82, 2.24) is 9.80 Å². The summed E-state index contributed by atoms with van der Waals surface area (Å²) in [4.78, 5) is 16.9. The Morgan fingerprint density at radius 2 is 1.84 bits per heavy atom. The highest BCUT2D eigenvalue weighted by atomic mass is 16.5. The van der Waals surface area contributed by atoms with E-state index in [9.17, 15) is 4.79 Å². The molecule has 0 radical (unpaired) electrons. The fourth-order valence-electron chi connectivity index (χ4n) is 3.26. The van der Waals surface area contributed by atoms with E-state index < -0.39 is 6.10 Å². The second-order valence-corrected chi connectivity index (χ2v) is 6.76. The Labute approximate surface area is 149 Å². The third-order valence-electron chi connectivity index (χ3n) is 4.50. The molecule has 1 aliphatic rings. The number of carbonyl (C=O) groups is 1. The first kappa shape index (κ1) is 17.5. The van der Waals surface area contributed by atoms with E-state index in [4.69, 9.17) is 9.15 Å². The summed E-state index contributed by atoms with van der Waals surface area (Å²) in [6.45, 7) is 9.83. The Kier molecular flexibility index (Phi) is 5.43. The first-order valence-electron chi connectivity index (χ1n) is 8.80. The zero-order valence-electron chi connectivity index (χ0n) is 15.2. The number of furan rings is 1. The van der Waals surface area contributed by atoms with Gasteiger partial charge in [-0.2, -0.15) is 0 Å². The lowest BCUT2D eigenvalue weighted by Crippen LogP contribution is -2.51. The van der Waals surface area contributed by atoms with Crippen LogP contribution in [0, 0.1) is 13.8 Å². The molecule has 1 aliphatic heterocycles. The van der Waals surface area contributed by atoms with Gasteiger partial charge in [-0.15, -0.1) is 0 Å². The number of hydrogen-bond donors (Lipinski definition) is 0. The van der Waals surface area contributed by atoms with E-state index in [1.54, 1.807) is 6.26 Å². The number of amides is 1. The molecule has 2 aromatic rings. The quantitative estimate of drug-likeness (QED) is 0.838. The number of nitrogens with zero attached hydrogens (tertiary/aromatic N) is 2. The molecule has 1 aromatic heterocycles. The van der Waals surface area contributed by atoms with Crippen molar-refractivity contribution in [3.05, 3.63) is 53.5 Å². The minimum atomic E-state index is -0.474. The third kappa shape index (κ3) is 4.63. The van der Waals surface area contributed by atoms with E-state index in [1.165, 1.54) is 0 Å². The monoisotopic (exact) mass is 342 g/mol. The maximum Gasteiger partial charge on any atom is 0.263 e. The minimum Gasteiger partial charge on any atom is -0.481 e. The average molecular weight is 342 g/mol. The molecule has 25 heavy (non-hydrogen) atoms. The first-order chi connectivity index (χ1) is 12.0. The molecule has 1 saturated heterocycles. The maximum atomic E-state index is 12.7. The molecule has 3 rings (SSSR count). The lowest BCUT2D eigenvalue weighted by Gasteiger charge is -2.35. The molecule has 5 nitrogen and oxygen atoms in total. The summed E-state index contributed by atoms with van der Waals surface area (Å²) in [7, 11) is 0. The van der Waals surface area contributed by atoms with Crippen molar-refractivity contribution >= 4 is 5.91 Å². The normalized spacial score (nSPS) is 16.7. The zero-order valence-corrected chi connectivity index (χ0v) is 15.2. The van der Waals surface area contributed by atoms with Crippen LogP contribution in [0.15, 0.2) is 41.0 Å². The van der Waals surface area contributed by atoms with E-state index in [0.29, 0.717) is 0 Å². The van der Waals surface area contributed by atoms with Gasteiger partial charge in [-0.1, -0.05) is 6.07 Å². The van der Waals surface area contributed by atoms with Crippen LogP contribution in [-0.4, -0.2) is 48.0 Å². The Balaban J connectivity index is 1.51. The number of carbonyl (C=O) groups excluding carboxylic acids is 1. The molecular weight excluding hydrogens is 316 g/mol. The highest BCUT2D eigenvalue weighted by Crippen LogP contribution is 2.18. The lowest BCUT2D eigenvalue weighted by molar-refractivity contribution is -0.139. The molecule has 0 aliphatic carbocycles. The van der Waals surface area contributed by atoms with Crippen LogP contribution in [0.5, 0.6) is 5.75 Å². The summed E-state index contributed by atoms with van der Waals surface area (Å²) in [6.07, 6.45) is 1.22. The van der Waals surface area contributed by atoms with Crippen molar-refractivity contribution in [2.45, 2.75) is 33.4 Å². The Hall–Kier alpha value is -2.27. The van der Waals surface area contributed by atoms with Gasteiger partial charge in [0.15, 0.2) is 6.10 Å². The standard InChI is InChI=1S/C20H26N2O3/c1-15-11-16(2)13-19(12-15)25-17(3)20(23)22-8-6-21(7-9-22)14-18-5-4-10-24-18/h4-5,10-13,17H,6-9,14H2,1-3H3/t17-/m1/s1. The Morgan fingerprint density at radius 1 is 1.16 bits per heavy atom. The topological polar surface area (TPSA) is 45.9 Å². The third-order valence-corrected chi connectivity index (χ3v) is 4.50. The van der Waals surface area contributed by atoms with Gasteiger partial charge in [0.05, 0.1) is 12.8 Å². The molecule has 0 bridgehead atoms. The molecule has 0 unspecified atom stereocenters. The summed E-state index contributed by atoms with van der Waals surface area (Å²) in [5.74, 6) is 1.78. The molecule has 5 heteroatoms. The number of aryl methyl sites for hydroxylation is 2. The first-order valence-corrected chi connectivity index (χ1v) is 8.80. The van der Waals surface area contributed by atoms with Gasteiger partial charge < -0.3 is 14.1 Å². The lowest BCUT2D eigenvalue weighted by atomic mass is 10.1. The van der Waals surface area contributed by atoms with Crippen LogP contribution in [0.25, 0.3) is 0 Å². The van der Waals surface area contributed by atoms with Gasteiger partial charge in [-0.05, 0) is 56.2 Å². The molecule has 1 atom stereocenters. The highest BCUT2D eigenvalue weighted by molar-refractivity contribution is 5.81. The number of ether oxygens (including phenoxy) is 1. The van der Waals surface area contributed by atoms with Gasteiger partial charge >= 0.3 is 0 Å². The van der Waals surface area contributed by atoms with Gasteiger partial charge in [-0.3, -0.25) is 9.69 Å². The van der Waals surface area contributed by atoms with Gasteiger partial charge in [0.25, 0.3) is 5.91 Å². The van der Waals surface area contributed by atoms with Crippen molar-refractivity contribution in [3.63, 3.8) is 0 Å². The molecule has 134 valence electrons. The molecule has 1 aromatic carbocycles. The number of hydrogen-bond acceptors (Lipinski definition) is 4. The van der Waals surface area contributed by atoms with Gasteiger partial charge in [0.2, 0.25) is 0 Å². The summed E-state index contributed by atoms with van der Waals surface area (Å²) in [5.41, 5.74) is 2.28. The molecule has 2 heterocycles. The van der Waals surface area contributed by atoms with Gasteiger partial charge in [0, 0.05) is 26.2 Å². The second-order valence-electron chi connectivity index (χ2n) is 6.76.